The Morgan fingerprint density at radius 2 is 1.89 bits per heavy atom. The molecule has 0 saturated heterocycles. The Kier molecular flexibility index (Phi) is 2.91. The van der Waals surface area contributed by atoms with Gasteiger partial charge >= 0.3 is 0 Å². The zero-order valence-corrected chi connectivity index (χ0v) is 10.3. The van der Waals surface area contributed by atoms with E-state index in [0.29, 0.717) is 0 Å². The zero-order valence-electron chi connectivity index (χ0n) is 10.3. The van der Waals surface area contributed by atoms with Crippen LogP contribution < -0.4 is 4.74 Å². The fourth-order valence-corrected chi connectivity index (χ4v) is 2.05. The SMILES string of the molecule is C#CCOc1ccccc1-n1cnc2ccccc21. The summed E-state index contributed by atoms with van der Waals surface area (Å²) < 4.78 is 7.58. The lowest BCUT2D eigenvalue weighted by atomic mass is 10.2. The van der Waals surface area contributed by atoms with Crippen molar-refractivity contribution < 1.29 is 4.74 Å². The third kappa shape index (κ3) is 2.04. The van der Waals surface area contributed by atoms with E-state index in [-0.39, 0.29) is 6.61 Å². The molecule has 3 aromatic rings. The lowest BCUT2D eigenvalue weighted by molar-refractivity contribution is 0.369. The van der Waals surface area contributed by atoms with Crippen LogP contribution in [0.15, 0.2) is 54.9 Å². The Labute approximate surface area is 111 Å². The van der Waals surface area contributed by atoms with E-state index < -0.39 is 0 Å². The van der Waals surface area contributed by atoms with Crippen molar-refractivity contribution >= 4 is 11.0 Å². The molecule has 0 aliphatic rings. The number of imidazole rings is 1. The molecule has 0 fully saturated rings. The first kappa shape index (κ1) is 11.4. The van der Waals surface area contributed by atoms with Crippen LogP contribution in [0.25, 0.3) is 16.7 Å². The van der Waals surface area contributed by atoms with Gasteiger partial charge in [0.1, 0.15) is 18.7 Å². The molecule has 0 aliphatic carbocycles. The minimum absolute atomic E-state index is 0.254. The fourth-order valence-electron chi connectivity index (χ4n) is 2.05. The molecule has 0 unspecified atom stereocenters. The molecule has 19 heavy (non-hydrogen) atoms. The molecule has 1 heterocycles. The van der Waals surface area contributed by atoms with Crippen LogP contribution in [0, 0.1) is 12.3 Å². The van der Waals surface area contributed by atoms with Crippen LogP contribution in [-0.2, 0) is 0 Å². The van der Waals surface area contributed by atoms with Crippen LogP contribution in [0.1, 0.15) is 0 Å². The summed E-state index contributed by atoms with van der Waals surface area (Å²) in [4.78, 5) is 4.38. The molecular weight excluding hydrogens is 236 g/mol. The van der Waals surface area contributed by atoms with Crippen molar-refractivity contribution in [3.8, 4) is 23.8 Å². The van der Waals surface area contributed by atoms with E-state index in [2.05, 4.69) is 10.9 Å². The number of hydrogen-bond acceptors (Lipinski definition) is 2. The molecule has 0 spiro atoms. The molecule has 0 radical (unpaired) electrons. The Balaban J connectivity index is 2.14. The van der Waals surface area contributed by atoms with Crippen LogP contribution in [0.3, 0.4) is 0 Å². The van der Waals surface area contributed by atoms with Gasteiger partial charge in [0.05, 0.1) is 16.7 Å². The van der Waals surface area contributed by atoms with Crippen molar-refractivity contribution in [2.75, 3.05) is 6.61 Å². The summed E-state index contributed by atoms with van der Waals surface area (Å²) in [5.74, 6) is 3.23. The Bertz CT molecular complexity index is 753. The molecule has 0 N–H and O–H groups in total. The number of ether oxygens (including phenoxy) is 1. The molecule has 0 saturated carbocycles. The summed E-state index contributed by atoms with van der Waals surface area (Å²) >= 11 is 0. The maximum atomic E-state index is 5.57. The first-order valence-electron chi connectivity index (χ1n) is 5.98. The van der Waals surface area contributed by atoms with Gasteiger partial charge in [-0.15, -0.1) is 6.42 Å². The van der Waals surface area contributed by atoms with Crippen LogP contribution in [0.4, 0.5) is 0 Å². The first-order chi connectivity index (χ1) is 9.40. The van der Waals surface area contributed by atoms with Gasteiger partial charge in [-0.05, 0) is 24.3 Å². The summed E-state index contributed by atoms with van der Waals surface area (Å²) in [7, 11) is 0. The van der Waals surface area contributed by atoms with E-state index >= 15 is 0 Å². The summed E-state index contributed by atoms with van der Waals surface area (Å²) in [6, 6.07) is 15.8. The Morgan fingerprint density at radius 1 is 1.11 bits per heavy atom. The molecule has 0 amide bonds. The Hall–Kier alpha value is -2.73. The highest BCUT2D eigenvalue weighted by molar-refractivity contribution is 5.77. The minimum Gasteiger partial charge on any atom is -0.479 e. The number of terminal acetylenes is 1. The molecule has 2 aromatic carbocycles. The van der Waals surface area contributed by atoms with Gasteiger partial charge in [-0.25, -0.2) is 4.98 Å². The number of para-hydroxylation sites is 4. The molecule has 1 aromatic heterocycles. The Morgan fingerprint density at radius 3 is 2.79 bits per heavy atom. The van der Waals surface area contributed by atoms with Gasteiger partial charge < -0.3 is 4.74 Å². The van der Waals surface area contributed by atoms with Gasteiger partial charge in [0.25, 0.3) is 0 Å². The summed E-state index contributed by atoms with van der Waals surface area (Å²) in [5.41, 5.74) is 2.93. The normalized spacial score (nSPS) is 10.3. The topological polar surface area (TPSA) is 27.1 Å². The summed E-state index contributed by atoms with van der Waals surface area (Å²) in [6.07, 6.45) is 7.04. The van der Waals surface area contributed by atoms with Crippen LogP contribution in [0.5, 0.6) is 5.75 Å². The molecule has 0 aliphatic heterocycles. The molecular formula is C16H12N2O. The average molecular weight is 248 g/mol. The zero-order chi connectivity index (χ0) is 13.1. The van der Waals surface area contributed by atoms with Crippen molar-refractivity contribution in [2.45, 2.75) is 0 Å². The maximum absolute atomic E-state index is 5.57. The second kappa shape index (κ2) is 4.87. The van der Waals surface area contributed by atoms with Crippen molar-refractivity contribution in [3.05, 3.63) is 54.9 Å². The van der Waals surface area contributed by atoms with Crippen molar-refractivity contribution in [3.63, 3.8) is 0 Å². The van der Waals surface area contributed by atoms with E-state index in [9.17, 15) is 0 Å². The molecule has 3 nitrogen and oxygen atoms in total. The van der Waals surface area contributed by atoms with Gasteiger partial charge in [-0.3, -0.25) is 4.57 Å². The fraction of sp³-hybridized carbons (Fsp3) is 0.0625. The van der Waals surface area contributed by atoms with Crippen molar-refractivity contribution in [2.24, 2.45) is 0 Å². The highest BCUT2D eigenvalue weighted by atomic mass is 16.5. The number of benzene rings is 2. The molecule has 92 valence electrons. The van der Waals surface area contributed by atoms with E-state index in [0.717, 1.165) is 22.5 Å². The third-order valence-electron chi connectivity index (χ3n) is 2.89. The van der Waals surface area contributed by atoms with Crippen LogP contribution in [-0.4, -0.2) is 16.2 Å². The maximum Gasteiger partial charge on any atom is 0.148 e. The lowest BCUT2D eigenvalue weighted by Crippen LogP contribution is -2.00. The third-order valence-corrected chi connectivity index (χ3v) is 2.89. The second-order valence-electron chi connectivity index (χ2n) is 4.06. The highest BCUT2D eigenvalue weighted by Crippen LogP contribution is 2.26. The molecule has 0 atom stereocenters. The number of aromatic nitrogens is 2. The smallest absolute Gasteiger partial charge is 0.148 e. The minimum atomic E-state index is 0.254. The van der Waals surface area contributed by atoms with Gasteiger partial charge in [0.2, 0.25) is 0 Å². The second-order valence-corrected chi connectivity index (χ2v) is 4.06. The van der Waals surface area contributed by atoms with Gasteiger partial charge in [-0.1, -0.05) is 30.2 Å². The number of hydrogen-bond donors (Lipinski definition) is 0. The largest absolute Gasteiger partial charge is 0.479 e. The van der Waals surface area contributed by atoms with Gasteiger partial charge in [0, 0.05) is 0 Å². The average Bonchev–Trinajstić information content (AvgIpc) is 2.89. The first-order valence-corrected chi connectivity index (χ1v) is 5.98. The molecule has 3 rings (SSSR count). The van der Waals surface area contributed by atoms with Crippen molar-refractivity contribution in [1.82, 2.24) is 9.55 Å². The van der Waals surface area contributed by atoms with E-state index in [1.54, 1.807) is 6.33 Å². The van der Waals surface area contributed by atoms with Gasteiger partial charge in [-0.2, -0.15) is 0 Å². The number of nitrogens with zero attached hydrogens (tertiary/aromatic N) is 2. The highest BCUT2D eigenvalue weighted by Gasteiger charge is 2.08. The molecule has 0 bridgehead atoms. The van der Waals surface area contributed by atoms with E-state index in [1.807, 2.05) is 53.1 Å². The quantitative estimate of drug-likeness (QED) is 0.666. The van der Waals surface area contributed by atoms with E-state index in [1.165, 1.54) is 0 Å². The van der Waals surface area contributed by atoms with Crippen LogP contribution >= 0.6 is 0 Å². The predicted octanol–water partition coefficient (Wildman–Crippen LogP) is 3.04. The summed E-state index contributed by atoms with van der Waals surface area (Å²) in [6.45, 7) is 0.254. The molecule has 3 heteroatoms. The summed E-state index contributed by atoms with van der Waals surface area (Å²) in [5, 5.41) is 0. The lowest BCUT2D eigenvalue weighted by Gasteiger charge is -2.10. The number of fused-ring (bicyclic) bond motifs is 1. The predicted molar refractivity (Wildman–Crippen MR) is 75.4 cm³/mol. The van der Waals surface area contributed by atoms with Gasteiger partial charge in [0.15, 0.2) is 0 Å². The van der Waals surface area contributed by atoms with Crippen molar-refractivity contribution in [1.29, 1.82) is 0 Å². The van der Waals surface area contributed by atoms with Crippen LogP contribution in [0.2, 0.25) is 0 Å². The monoisotopic (exact) mass is 248 g/mol. The number of rotatable bonds is 3. The standard InChI is InChI=1S/C16H12N2O/c1-2-11-19-16-10-6-5-9-15(16)18-12-17-13-7-3-4-8-14(13)18/h1,3-10,12H,11H2. The van der Waals surface area contributed by atoms with E-state index in [4.69, 9.17) is 11.2 Å².